The fourth-order valence-corrected chi connectivity index (χ4v) is 3.62. The maximum absolute atomic E-state index is 13.0. The quantitative estimate of drug-likeness (QED) is 0.777. The molecule has 0 aliphatic carbocycles. The second-order valence-electron chi connectivity index (χ2n) is 7.71. The zero-order chi connectivity index (χ0) is 21.0. The summed E-state index contributed by atoms with van der Waals surface area (Å²) in [4.78, 5) is 27.3. The molecule has 29 heavy (non-hydrogen) atoms. The smallest absolute Gasteiger partial charge is 0.266 e. The lowest BCUT2D eigenvalue weighted by Gasteiger charge is -2.36. The number of piperidine rings is 1. The fourth-order valence-electron chi connectivity index (χ4n) is 3.44. The van der Waals surface area contributed by atoms with Gasteiger partial charge in [0.1, 0.15) is 5.75 Å². The van der Waals surface area contributed by atoms with Crippen LogP contribution in [0, 0.1) is 5.92 Å². The Balaban J connectivity index is 1.53. The third-order valence-electron chi connectivity index (χ3n) is 5.06. The van der Waals surface area contributed by atoms with E-state index in [1.165, 1.54) is 0 Å². The zero-order valence-electron chi connectivity index (χ0n) is 17.0. The summed E-state index contributed by atoms with van der Waals surface area (Å²) < 4.78 is 7.66. The van der Waals surface area contributed by atoms with E-state index in [4.69, 9.17) is 16.3 Å². The second kappa shape index (κ2) is 8.86. The SMILES string of the molecule is CCn1cc(NC(=O)C2CCN(C(=O)C(C)(C)Oc3cccc(Cl)c3)CC2)cn1. The molecular weight excluding hydrogens is 392 g/mol. The number of amides is 2. The third-order valence-corrected chi connectivity index (χ3v) is 5.30. The predicted molar refractivity (Wildman–Crippen MR) is 112 cm³/mol. The molecule has 8 heteroatoms. The molecular formula is C21H27ClN4O3. The number of carbonyl (C=O) groups is 2. The van der Waals surface area contributed by atoms with Gasteiger partial charge in [0.25, 0.3) is 5.91 Å². The first-order valence-electron chi connectivity index (χ1n) is 9.86. The molecule has 0 atom stereocenters. The number of hydrogen-bond donors (Lipinski definition) is 1. The molecule has 1 fully saturated rings. The van der Waals surface area contributed by atoms with Crippen LogP contribution in [0.5, 0.6) is 5.75 Å². The van der Waals surface area contributed by atoms with Gasteiger partial charge in [-0.05, 0) is 51.8 Å². The molecule has 0 spiro atoms. The topological polar surface area (TPSA) is 76.5 Å². The molecule has 156 valence electrons. The van der Waals surface area contributed by atoms with Crippen molar-refractivity contribution >= 4 is 29.1 Å². The van der Waals surface area contributed by atoms with Gasteiger partial charge < -0.3 is 15.0 Å². The number of halogens is 1. The molecule has 1 aromatic heterocycles. The number of aryl methyl sites for hydroxylation is 1. The Kier molecular flexibility index (Phi) is 6.47. The first-order chi connectivity index (χ1) is 13.8. The number of ether oxygens (including phenoxy) is 1. The minimum Gasteiger partial charge on any atom is -0.478 e. The summed E-state index contributed by atoms with van der Waals surface area (Å²) in [5.74, 6) is 0.307. The van der Waals surface area contributed by atoms with Crippen molar-refractivity contribution in [2.75, 3.05) is 18.4 Å². The molecule has 3 rings (SSSR count). The van der Waals surface area contributed by atoms with E-state index in [2.05, 4.69) is 10.4 Å². The van der Waals surface area contributed by atoms with E-state index in [-0.39, 0.29) is 17.7 Å². The van der Waals surface area contributed by atoms with Crippen LogP contribution in [0.4, 0.5) is 5.69 Å². The molecule has 1 aliphatic heterocycles. The minimum absolute atomic E-state index is 0.0258. The number of anilines is 1. The Labute approximate surface area is 176 Å². The summed E-state index contributed by atoms with van der Waals surface area (Å²) in [5.41, 5.74) is -0.319. The van der Waals surface area contributed by atoms with Crippen molar-refractivity contribution in [3.8, 4) is 5.75 Å². The molecule has 0 radical (unpaired) electrons. The molecule has 1 N–H and O–H groups in total. The number of likely N-dealkylation sites (tertiary alicyclic amines) is 1. The fraction of sp³-hybridized carbons (Fsp3) is 0.476. The summed E-state index contributed by atoms with van der Waals surface area (Å²) in [6.07, 6.45) is 4.70. The maximum atomic E-state index is 13.0. The van der Waals surface area contributed by atoms with Gasteiger partial charge in [-0.15, -0.1) is 0 Å². The number of nitrogens with zero attached hydrogens (tertiary/aromatic N) is 3. The maximum Gasteiger partial charge on any atom is 0.266 e. The second-order valence-corrected chi connectivity index (χ2v) is 8.15. The van der Waals surface area contributed by atoms with E-state index in [9.17, 15) is 9.59 Å². The normalized spacial score (nSPS) is 15.2. The molecule has 2 aromatic rings. The molecule has 0 saturated carbocycles. The van der Waals surface area contributed by atoms with Crippen molar-refractivity contribution < 1.29 is 14.3 Å². The van der Waals surface area contributed by atoms with Gasteiger partial charge in [-0.2, -0.15) is 5.10 Å². The van der Waals surface area contributed by atoms with Crippen LogP contribution in [0.1, 0.15) is 33.6 Å². The van der Waals surface area contributed by atoms with E-state index in [0.29, 0.717) is 42.4 Å². The Morgan fingerprint density at radius 1 is 1.31 bits per heavy atom. The standard InChI is InChI=1S/C21H27ClN4O3/c1-4-26-14-17(13-23-26)24-19(27)15-8-10-25(11-9-15)20(28)21(2,3)29-18-7-5-6-16(22)12-18/h5-7,12-15H,4,8-11H2,1-3H3,(H,24,27). The molecule has 1 aromatic carbocycles. The van der Waals surface area contributed by atoms with Gasteiger partial charge in [-0.1, -0.05) is 17.7 Å². The van der Waals surface area contributed by atoms with Crippen LogP contribution >= 0.6 is 11.6 Å². The summed E-state index contributed by atoms with van der Waals surface area (Å²) in [6.45, 7) is 7.29. The lowest BCUT2D eigenvalue weighted by molar-refractivity contribution is -0.147. The summed E-state index contributed by atoms with van der Waals surface area (Å²) in [5, 5.41) is 7.63. The zero-order valence-corrected chi connectivity index (χ0v) is 17.8. The van der Waals surface area contributed by atoms with E-state index < -0.39 is 5.60 Å². The van der Waals surface area contributed by atoms with Gasteiger partial charge in [0.2, 0.25) is 5.91 Å². The predicted octanol–water partition coefficient (Wildman–Crippen LogP) is 3.59. The first kappa shape index (κ1) is 21.2. The highest BCUT2D eigenvalue weighted by Crippen LogP contribution is 2.26. The molecule has 1 saturated heterocycles. The van der Waals surface area contributed by atoms with Gasteiger partial charge in [0.05, 0.1) is 11.9 Å². The van der Waals surface area contributed by atoms with E-state index in [1.807, 2.05) is 13.1 Å². The van der Waals surface area contributed by atoms with Crippen LogP contribution in [-0.2, 0) is 16.1 Å². The van der Waals surface area contributed by atoms with Gasteiger partial charge in [0.15, 0.2) is 5.60 Å². The van der Waals surface area contributed by atoms with Crippen LogP contribution in [0.2, 0.25) is 5.02 Å². The number of nitrogens with one attached hydrogen (secondary N) is 1. The Morgan fingerprint density at radius 3 is 2.66 bits per heavy atom. The molecule has 2 heterocycles. The van der Waals surface area contributed by atoms with Crippen LogP contribution in [-0.4, -0.2) is 45.2 Å². The summed E-state index contributed by atoms with van der Waals surface area (Å²) in [7, 11) is 0. The molecule has 2 amide bonds. The Bertz CT molecular complexity index is 872. The molecule has 0 unspecified atom stereocenters. The summed E-state index contributed by atoms with van der Waals surface area (Å²) in [6, 6.07) is 7.00. The van der Waals surface area contributed by atoms with Crippen LogP contribution in [0.25, 0.3) is 0 Å². The number of aromatic nitrogens is 2. The van der Waals surface area contributed by atoms with Gasteiger partial charge in [-0.3, -0.25) is 14.3 Å². The van der Waals surface area contributed by atoms with E-state index >= 15 is 0 Å². The number of rotatable bonds is 6. The number of carbonyl (C=O) groups excluding carboxylic acids is 2. The lowest BCUT2D eigenvalue weighted by Crippen LogP contribution is -2.52. The van der Waals surface area contributed by atoms with Crippen molar-refractivity contribution in [1.82, 2.24) is 14.7 Å². The first-order valence-corrected chi connectivity index (χ1v) is 10.2. The van der Waals surface area contributed by atoms with Crippen molar-refractivity contribution in [2.45, 2.75) is 45.8 Å². The van der Waals surface area contributed by atoms with Crippen LogP contribution in [0.3, 0.4) is 0 Å². The lowest BCUT2D eigenvalue weighted by atomic mass is 9.94. The highest BCUT2D eigenvalue weighted by Gasteiger charge is 2.37. The van der Waals surface area contributed by atoms with E-state index in [0.717, 1.165) is 6.54 Å². The monoisotopic (exact) mass is 418 g/mol. The number of hydrogen-bond acceptors (Lipinski definition) is 4. The van der Waals surface area contributed by atoms with Crippen molar-refractivity contribution in [3.05, 3.63) is 41.7 Å². The van der Waals surface area contributed by atoms with Crippen LogP contribution in [0.15, 0.2) is 36.7 Å². The summed E-state index contributed by atoms with van der Waals surface area (Å²) >= 11 is 6.00. The average molecular weight is 419 g/mol. The highest BCUT2D eigenvalue weighted by atomic mass is 35.5. The van der Waals surface area contributed by atoms with Crippen molar-refractivity contribution in [3.63, 3.8) is 0 Å². The average Bonchev–Trinajstić information content (AvgIpc) is 3.14. The largest absolute Gasteiger partial charge is 0.478 e. The van der Waals surface area contributed by atoms with Gasteiger partial charge in [0, 0.05) is 36.8 Å². The molecule has 1 aliphatic rings. The minimum atomic E-state index is -1.02. The van der Waals surface area contributed by atoms with Crippen molar-refractivity contribution in [1.29, 1.82) is 0 Å². The Morgan fingerprint density at radius 2 is 2.03 bits per heavy atom. The van der Waals surface area contributed by atoms with E-state index in [1.54, 1.807) is 53.9 Å². The van der Waals surface area contributed by atoms with Crippen LogP contribution < -0.4 is 10.1 Å². The Hall–Kier alpha value is -2.54. The third kappa shape index (κ3) is 5.29. The van der Waals surface area contributed by atoms with Crippen molar-refractivity contribution in [2.24, 2.45) is 5.92 Å². The molecule has 0 bridgehead atoms. The van der Waals surface area contributed by atoms with Gasteiger partial charge >= 0.3 is 0 Å². The van der Waals surface area contributed by atoms with Gasteiger partial charge in [-0.25, -0.2) is 0 Å². The molecule has 7 nitrogen and oxygen atoms in total. The number of benzene rings is 1. The highest BCUT2D eigenvalue weighted by molar-refractivity contribution is 6.30.